The van der Waals surface area contributed by atoms with Crippen LogP contribution in [0.1, 0.15) is 44.9 Å². The van der Waals surface area contributed by atoms with E-state index >= 15 is 0 Å². The largest absolute Gasteiger partial charge is 0.385 e. The minimum absolute atomic E-state index is 0. The van der Waals surface area contributed by atoms with Crippen LogP contribution in [-0.2, 0) is 9.53 Å². The SMILES string of the molecule is COCCCNC(=O)CC1(CN)CCCCC1.Cl. The maximum atomic E-state index is 11.8. The van der Waals surface area contributed by atoms with E-state index in [0.717, 1.165) is 19.3 Å². The summed E-state index contributed by atoms with van der Waals surface area (Å²) in [6.07, 6.45) is 7.40. The molecule has 0 aromatic carbocycles. The van der Waals surface area contributed by atoms with Crippen LogP contribution in [0.5, 0.6) is 0 Å². The number of hydrogen-bond acceptors (Lipinski definition) is 3. The maximum Gasteiger partial charge on any atom is 0.220 e. The summed E-state index contributed by atoms with van der Waals surface area (Å²) in [7, 11) is 1.67. The third-order valence-electron chi connectivity index (χ3n) is 3.73. The summed E-state index contributed by atoms with van der Waals surface area (Å²) in [5.74, 6) is 0.147. The molecule has 0 spiro atoms. The number of hydrogen-bond donors (Lipinski definition) is 2. The molecule has 1 amide bonds. The lowest BCUT2D eigenvalue weighted by atomic mass is 9.71. The molecule has 3 N–H and O–H groups in total. The molecule has 18 heavy (non-hydrogen) atoms. The molecule has 4 nitrogen and oxygen atoms in total. The molecule has 5 heteroatoms. The highest BCUT2D eigenvalue weighted by Crippen LogP contribution is 2.38. The Balaban J connectivity index is 0.00000289. The molecule has 0 atom stereocenters. The van der Waals surface area contributed by atoms with E-state index in [1.165, 1.54) is 19.3 Å². The van der Waals surface area contributed by atoms with Crippen molar-refractivity contribution >= 4 is 18.3 Å². The molecule has 1 fully saturated rings. The average Bonchev–Trinajstić information content (AvgIpc) is 2.36. The summed E-state index contributed by atoms with van der Waals surface area (Å²) >= 11 is 0. The molecule has 0 unspecified atom stereocenters. The van der Waals surface area contributed by atoms with Crippen LogP contribution in [0.25, 0.3) is 0 Å². The van der Waals surface area contributed by atoms with Gasteiger partial charge in [-0.1, -0.05) is 19.3 Å². The van der Waals surface area contributed by atoms with Gasteiger partial charge in [0.05, 0.1) is 0 Å². The molecule has 0 aliphatic heterocycles. The standard InChI is InChI=1S/C13H26N2O2.ClH/c1-17-9-5-8-15-12(16)10-13(11-14)6-3-2-4-7-13;/h2-11,14H2,1H3,(H,15,16);1H. The number of rotatable bonds is 7. The van der Waals surface area contributed by atoms with Crippen LogP contribution in [0.2, 0.25) is 0 Å². The van der Waals surface area contributed by atoms with Gasteiger partial charge in [0.2, 0.25) is 5.91 Å². The number of nitrogens with two attached hydrogens (primary N) is 1. The van der Waals surface area contributed by atoms with Gasteiger partial charge >= 0.3 is 0 Å². The maximum absolute atomic E-state index is 11.8. The van der Waals surface area contributed by atoms with E-state index in [1.54, 1.807) is 7.11 Å². The lowest BCUT2D eigenvalue weighted by Gasteiger charge is -2.35. The third-order valence-corrected chi connectivity index (χ3v) is 3.73. The van der Waals surface area contributed by atoms with Gasteiger partial charge in [0.15, 0.2) is 0 Å². The molecular weight excluding hydrogens is 252 g/mol. The molecule has 0 aromatic heterocycles. The van der Waals surface area contributed by atoms with Crippen LogP contribution in [0.4, 0.5) is 0 Å². The first-order valence-electron chi connectivity index (χ1n) is 6.68. The van der Waals surface area contributed by atoms with Crippen molar-refractivity contribution in [3.8, 4) is 0 Å². The van der Waals surface area contributed by atoms with Gasteiger partial charge in [-0.05, 0) is 31.2 Å². The summed E-state index contributed by atoms with van der Waals surface area (Å²) in [4.78, 5) is 11.8. The van der Waals surface area contributed by atoms with Crippen molar-refractivity contribution in [2.24, 2.45) is 11.1 Å². The summed E-state index contributed by atoms with van der Waals surface area (Å²) in [6.45, 7) is 2.04. The van der Waals surface area contributed by atoms with E-state index in [1.807, 2.05) is 0 Å². The minimum atomic E-state index is 0. The van der Waals surface area contributed by atoms with E-state index in [-0.39, 0.29) is 23.7 Å². The molecule has 1 rings (SSSR count). The smallest absolute Gasteiger partial charge is 0.220 e. The van der Waals surface area contributed by atoms with Crippen molar-refractivity contribution in [1.29, 1.82) is 0 Å². The van der Waals surface area contributed by atoms with Gasteiger partial charge in [-0.15, -0.1) is 12.4 Å². The number of nitrogens with one attached hydrogen (secondary N) is 1. The topological polar surface area (TPSA) is 64.3 Å². The minimum Gasteiger partial charge on any atom is -0.385 e. The Labute approximate surface area is 116 Å². The summed E-state index contributed by atoms with van der Waals surface area (Å²) in [5.41, 5.74) is 5.94. The Morgan fingerprint density at radius 2 is 2.00 bits per heavy atom. The van der Waals surface area contributed by atoms with Crippen LogP contribution in [-0.4, -0.2) is 32.7 Å². The lowest BCUT2D eigenvalue weighted by Crippen LogP contribution is -2.38. The number of ether oxygens (including phenoxy) is 1. The van der Waals surface area contributed by atoms with E-state index in [9.17, 15) is 4.79 Å². The fourth-order valence-corrected chi connectivity index (χ4v) is 2.60. The molecule has 0 aromatic rings. The Morgan fingerprint density at radius 1 is 1.33 bits per heavy atom. The highest BCUT2D eigenvalue weighted by molar-refractivity contribution is 5.85. The van der Waals surface area contributed by atoms with Crippen LogP contribution in [0.3, 0.4) is 0 Å². The number of halogens is 1. The second-order valence-electron chi connectivity index (χ2n) is 5.14. The van der Waals surface area contributed by atoms with E-state index in [2.05, 4.69) is 5.32 Å². The van der Waals surface area contributed by atoms with Crippen molar-refractivity contribution < 1.29 is 9.53 Å². The zero-order chi connectivity index (χ0) is 12.6. The molecular formula is C13H27ClN2O2. The van der Waals surface area contributed by atoms with Gasteiger partial charge in [0.1, 0.15) is 0 Å². The fraction of sp³-hybridized carbons (Fsp3) is 0.923. The Morgan fingerprint density at radius 3 is 2.56 bits per heavy atom. The van der Waals surface area contributed by atoms with Crippen LogP contribution in [0.15, 0.2) is 0 Å². The quantitative estimate of drug-likeness (QED) is 0.699. The second kappa shape index (κ2) is 9.59. The zero-order valence-corrected chi connectivity index (χ0v) is 12.2. The van der Waals surface area contributed by atoms with Gasteiger partial charge in [0, 0.05) is 26.7 Å². The number of methoxy groups -OCH3 is 1. The van der Waals surface area contributed by atoms with E-state index in [0.29, 0.717) is 26.1 Å². The first kappa shape index (κ1) is 17.7. The molecule has 1 aliphatic rings. The van der Waals surface area contributed by atoms with Crippen LogP contribution < -0.4 is 11.1 Å². The molecule has 1 aliphatic carbocycles. The van der Waals surface area contributed by atoms with Crippen molar-refractivity contribution in [2.75, 3.05) is 26.8 Å². The number of carbonyl (C=O) groups excluding carboxylic acids is 1. The van der Waals surface area contributed by atoms with Crippen molar-refractivity contribution in [3.63, 3.8) is 0 Å². The van der Waals surface area contributed by atoms with Gasteiger partial charge < -0.3 is 15.8 Å². The van der Waals surface area contributed by atoms with Gasteiger partial charge in [-0.25, -0.2) is 0 Å². The Hall–Kier alpha value is -0.320. The average molecular weight is 279 g/mol. The monoisotopic (exact) mass is 278 g/mol. The molecule has 0 heterocycles. The lowest BCUT2D eigenvalue weighted by molar-refractivity contribution is -0.123. The first-order valence-corrected chi connectivity index (χ1v) is 6.68. The molecule has 1 saturated carbocycles. The van der Waals surface area contributed by atoms with Crippen molar-refractivity contribution in [3.05, 3.63) is 0 Å². The molecule has 0 bridgehead atoms. The number of amides is 1. The predicted molar refractivity (Wildman–Crippen MR) is 75.9 cm³/mol. The first-order chi connectivity index (χ1) is 8.22. The zero-order valence-electron chi connectivity index (χ0n) is 11.4. The van der Waals surface area contributed by atoms with Crippen LogP contribution in [0, 0.1) is 5.41 Å². The summed E-state index contributed by atoms with van der Waals surface area (Å²) in [6, 6.07) is 0. The highest BCUT2D eigenvalue weighted by Gasteiger charge is 2.32. The summed E-state index contributed by atoms with van der Waals surface area (Å²) in [5, 5.41) is 2.95. The van der Waals surface area contributed by atoms with Gasteiger partial charge in [0.25, 0.3) is 0 Å². The third kappa shape index (κ3) is 6.03. The Bertz CT molecular complexity index is 231. The summed E-state index contributed by atoms with van der Waals surface area (Å²) < 4.78 is 4.94. The fourth-order valence-electron chi connectivity index (χ4n) is 2.60. The molecule has 108 valence electrons. The van der Waals surface area contributed by atoms with Crippen molar-refractivity contribution in [2.45, 2.75) is 44.9 Å². The predicted octanol–water partition coefficient (Wildman–Crippen LogP) is 1.86. The van der Waals surface area contributed by atoms with Gasteiger partial charge in [-0.3, -0.25) is 4.79 Å². The van der Waals surface area contributed by atoms with Crippen molar-refractivity contribution in [1.82, 2.24) is 5.32 Å². The van der Waals surface area contributed by atoms with E-state index in [4.69, 9.17) is 10.5 Å². The molecule has 0 radical (unpaired) electrons. The highest BCUT2D eigenvalue weighted by atomic mass is 35.5. The molecule has 0 saturated heterocycles. The van der Waals surface area contributed by atoms with Gasteiger partial charge in [-0.2, -0.15) is 0 Å². The van der Waals surface area contributed by atoms with E-state index < -0.39 is 0 Å². The second-order valence-corrected chi connectivity index (χ2v) is 5.14. The normalized spacial score (nSPS) is 17.9. The Kier molecular flexibility index (Phi) is 9.42. The number of carbonyl (C=O) groups is 1. The van der Waals surface area contributed by atoms with Crippen LogP contribution >= 0.6 is 12.4 Å².